The van der Waals surface area contributed by atoms with Crippen LogP contribution in [0.25, 0.3) is 11.0 Å². The molecule has 3 N–H and O–H groups in total. The first-order chi connectivity index (χ1) is 9.22. The van der Waals surface area contributed by atoms with Gasteiger partial charge in [-0.25, -0.2) is 4.98 Å². The summed E-state index contributed by atoms with van der Waals surface area (Å²) >= 11 is 0. The second-order valence-corrected chi connectivity index (χ2v) is 4.45. The van der Waals surface area contributed by atoms with E-state index in [2.05, 4.69) is 32.7 Å². The normalized spacial score (nSPS) is 10.8. The van der Waals surface area contributed by atoms with Crippen molar-refractivity contribution in [2.75, 3.05) is 19.6 Å². The molecule has 0 aromatic carbocycles. The van der Waals surface area contributed by atoms with Crippen LogP contribution >= 0.6 is 0 Å². The van der Waals surface area contributed by atoms with E-state index in [4.69, 9.17) is 0 Å². The fourth-order valence-corrected chi connectivity index (χ4v) is 1.81. The Kier molecular flexibility index (Phi) is 4.46. The Bertz CT molecular complexity index is 563. The van der Waals surface area contributed by atoms with Crippen molar-refractivity contribution < 1.29 is 4.79 Å². The first kappa shape index (κ1) is 13.5. The molecular weight excluding hydrogens is 242 g/mol. The molecule has 0 radical (unpaired) electrons. The van der Waals surface area contributed by atoms with E-state index in [0.717, 1.165) is 30.6 Å². The summed E-state index contributed by atoms with van der Waals surface area (Å²) in [7, 11) is 0. The van der Waals surface area contributed by atoms with Crippen LogP contribution in [-0.2, 0) is 0 Å². The first-order valence-corrected chi connectivity index (χ1v) is 6.52. The maximum Gasteiger partial charge on any atom is 0.252 e. The van der Waals surface area contributed by atoms with Gasteiger partial charge in [-0.1, -0.05) is 6.92 Å². The molecule has 2 heterocycles. The summed E-state index contributed by atoms with van der Waals surface area (Å²) in [5, 5.41) is 13.9. The third-order valence-corrected chi connectivity index (χ3v) is 2.88. The molecule has 0 aliphatic carbocycles. The second-order valence-electron chi connectivity index (χ2n) is 4.45. The van der Waals surface area contributed by atoms with Gasteiger partial charge in [0, 0.05) is 30.4 Å². The maximum absolute atomic E-state index is 11.9. The van der Waals surface area contributed by atoms with Crippen molar-refractivity contribution in [1.29, 1.82) is 0 Å². The van der Waals surface area contributed by atoms with Crippen LogP contribution in [0.15, 0.2) is 12.3 Å². The minimum absolute atomic E-state index is 0.103. The summed E-state index contributed by atoms with van der Waals surface area (Å²) in [6.07, 6.45) is 2.64. The number of nitrogens with one attached hydrogen (secondary N) is 3. The standard InChI is InChI=1S/C13H19N5O/c1-3-4-14-5-6-15-13(19)10-7-11-9(2)17-18-12(11)16-8-10/h7-8,14H,3-6H2,1-2H3,(H,15,19)(H,16,17,18). The Morgan fingerprint density at radius 1 is 1.37 bits per heavy atom. The lowest BCUT2D eigenvalue weighted by Crippen LogP contribution is -2.32. The number of fused-ring (bicyclic) bond motifs is 1. The van der Waals surface area contributed by atoms with E-state index in [1.54, 1.807) is 6.20 Å². The van der Waals surface area contributed by atoms with Crippen LogP contribution in [0.4, 0.5) is 0 Å². The lowest BCUT2D eigenvalue weighted by molar-refractivity contribution is 0.0954. The molecule has 0 aliphatic heterocycles. The van der Waals surface area contributed by atoms with Gasteiger partial charge >= 0.3 is 0 Å². The van der Waals surface area contributed by atoms with Crippen LogP contribution in [0.3, 0.4) is 0 Å². The van der Waals surface area contributed by atoms with Crippen LogP contribution in [-0.4, -0.2) is 40.7 Å². The number of H-pyrrole nitrogens is 1. The Morgan fingerprint density at radius 3 is 3.00 bits per heavy atom. The molecule has 1 amide bonds. The lowest BCUT2D eigenvalue weighted by atomic mass is 10.2. The van der Waals surface area contributed by atoms with Gasteiger partial charge in [0.1, 0.15) is 0 Å². The van der Waals surface area contributed by atoms with Crippen molar-refractivity contribution in [2.24, 2.45) is 0 Å². The Labute approximate surface area is 112 Å². The molecule has 102 valence electrons. The van der Waals surface area contributed by atoms with E-state index in [-0.39, 0.29) is 5.91 Å². The molecule has 6 heteroatoms. The predicted octanol–water partition coefficient (Wildman–Crippen LogP) is 0.996. The van der Waals surface area contributed by atoms with Gasteiger partial charge in [0.05, 0.1) is 5.56 Å². The van der Waals surface area contributed by atoms with Gasteiger partial charge < -0.3 is 10.6 Å². The fourth-order valence-electron chi connectivity index (χ4n) is 1.81. The second kappa shape index (κ2) is 6.29. The zero-order chi connectivity index (χ0) is 13.7. The highest BCUT2D eigenvalue weighted by Gasteiger charge is 2.09. The zero-order valence-corrected chi connectivity index (χ0v) is 11.3. The number of hydrogen-bond acceptors (Lipinski definition) is 4. The van der Waals surface area contributed by atoms with Crippen molar-refractivity contribution >= 4 is 16.9 Å². The molecule has 0 saturated carbocycles. The number of aromatic amines is 1. The van der Waals surface area contributed by atoms with E-state index in [0.29, 0.717) is 17.8 Å². The number of nitrogens with zero attached hydrogens (tertiary/aromatic N) is 2. The van der Waals surface area contributed by atoms with Gasteiger partial charge in [0.25, 0.3) is 5.91 Å². The number of carbonyl (C=O) groups excluding carboxylic acids is 1. The summed E-state index contributed by atoms with van der Waals surface area (Å²) in [5.74, 6) is -0.103. The van der Waals surface area contributed by atoms with Crippen LogP contribution < -0.4 is 10.6 Å². The van der Waals surface area contributed by atoms with Crippen molar-refractivity contribution in [1.82, 2.24) is 25.8 Å². The number of amides is 1. The number of pyridine rings is 1. The van der Waals surface area contributed by atoms with Crippen LogP contribution in [0.5, 0.6) is 0 Å². The van der Waals surface area contributed by atoms with E-state index in [9.17, 15) is 4.79 Å². The predicted molar refractivity (Wildman–Crippen MR) is 74.1 cm³/mol. The minimum atomic E-state index is -0.103. The summed E-state index contributed by atoms with van der Waals surface area (Å²) in [6.45, 7) is 6.38. The molecule has 0 atom stereocenters. The van der Waals surface area contributed by atoms with Gasteiger partial charge in [0.15, 0.2) is 5.65 Å². The SMILES string of the molecule is CCCNCCNC(=O)c1cnc2n[nH]c(C)c2c1. The monoisotopic (exact) mass is 261 g/mol. The number of hydrogen-bond donors (Lipinski definition) is 3. The zero-order valence-electron chi connectivity index (χ0n) is 11.3. The van der Waals surface area contributed by atoms with Crippen molar-refractivity contribution in [2.45, 2.75) is 20.3 Å². The fraction of sp³-hybridized carbons (Fsp3) is 0.462. The summed E-state index contributed by atoms with van der Waals surface area (Å²) in [5.41, 5.74) is 2.12. The molecule has 0 spiro atoms. The Balaban J connectivity index is 1.95. The van der Waals surface area contributed by atoms with Crippen molar-refractivity contribution in [3.05, 3.63) is 23.5 Å². The molecule has 0 fully saturated rings. The topological polar surface area (TPSA) is 82.7 Å². The van der Waals surface area contributed by atoms with Crippen LogP contribution in [0.1, 0.15) is 29.4 Å². The Morgan fingerprint density at radius 2 is 2.21 bits per heavy atom. The third-order valence-electron chi connectivity index (χ3n) is 2.88. The van der Waals surface area contributed by atoms with E-state index in [1.165, 1.54) is 0 Å². The van der Waals surface area contributed by atoms with E-state index < -0.39 is 0 Å². The first-order valence-electron chi connectivity index (χ1n) is 6.52. The minimum Gasteiger partial charge on any atom is -0.351 e. The van der Waals surface area contributed by atoms with Crippen LogP contribution in [0.2, 0.25) is 0 Å². The molecule has 2 aromatic rings. The number of carbonyl (C=O) groups is 1. The highest BCUT2D eigenvalue weighted by Crippen LogP contribution is 2.14. The van der Waals surface area contributed by atoms with Crippen molar-refractivity contribution in [3.8, 4) is 0 Å². The summed E-state index contributed by atoms with van der Waals surface area (Å²) in [6, 6.07) is 1.82. The number of aromatic nitrogens is 3. The average Bonchev–Trinajstić information content (AvgIpc) is 2.79. The van der Waals surface area contributed by atoms with Gasteiger partial charge in [-0.2, -0.15) is 5.10 Å². The molecular formula is C13H19N5O. The van der Waals surface area contributed by atoms with Gasteiger partial charge in [-0.15, -0.1) is 0 Å². The highest BCUT2D eigenvalue weighted by atomic mass is 16.1. The van der Waals surface area contributed by atoms with Gasteiger partial charge in [-0.05, 0) is 26.0 Å². The summed E-state index contributed by atoms with van der Waals surface area (Å²) < 4.78 is 0. The van der Waals surface area contributed by atoms with E-state index in [1.807, 2.05) is 13.0 Å². The smallest absolute Gasteiger partial charge is 0.252 e. The van der Waals surface area contributed by atoms with Gasteiger partial charge in [-0.3, -0.25) is 9.89 Å². The lowest BCUT2D eigenvalue weighted by Gasteiger charge is -2.06. The van der Waals surface area contributed by atoms with Crippen molar-refractivity contribution in [3.63, 3.8) is 0 Å². The molecule has 6 nitrogen and oxygen atoms in total. The largest absolute Gasteiger partial charge is 0.351 e. The maximum atomic E-state index is 11.9. The molecule has 0 saturated heterocycles. The molecule has 0 aliphatic rings. The van der Waals surface area contributed by atoms with Crippen LogP contribution in [0, 0.1) is 6.92 Å². The molecule has 2 aromatic heterocycles. The molecule has 19 heavy (non-hydrogen) atoms. The number of aryl methyl sites for hydroxylation is 1. The average molecular weight is 261 g/mol. The van der Waals surface area contributed by atoms with E-state index >= 15 is 0 Å². The Hall–Kier alpha value is -1.95. The number of rotatable bonds is 6. The highest BCUT2D eigenvalue weighted by molar-refractivity contribution is 5.97. The summed E-state index contributed by atoms with van der Waals surface area (Å²) in [4.78, 5) is 16.1. The molecule has 2 rings (SSSR count). The quantitative estimate of drug-likeness (QED) is 0.677. The third kappa shape index (κ3) is 3.29. The van der Waals surface area contributed by atoms with Gasteiger partial charge in [0.2, 0.25) is 0 Å². The molecule has 0 unspecified atom stereocenters. The molecule has 0 bridgehead atoms.